The van der Waals surface area contributed by atoms with Crippen molar-refractivity contribution in [3.63, 3.8) is 0 Å². The molecule has 21 heavy (non-hydrogen) atoms. The molecule has 0 amide bonds. The van der Waals surface area contributed by atoms with E-state index in [1.165, 1.54) is 4.90 Å². The van der Waals surface area contributed by atoms with E-state index in [0.29, 0.717) is 0 Å². The SMILES string of the molecule is COc1ccc(CC(N)c2ccc(SC)cc2)cc1OC. The van der Waals surface area contributed by atoms with Gasteiger partial charge in [-0.2, -0.15) is 0 Å². The number of nitrogens with two attached hydrogens (primary N) is 1. The molecular formula is C17H21NO2S. The van der Waals surface area contributed by atoms with Crippen molar-refractivity contribution in [3.8, 4) is 11.5 Å². The zero-order valence-electron chi connectivity index (χ0n) is 12.6. The number of methoxy groups -OCH3 is 2. The van der Waals surface area contributed by atoms with Crippen LogP contribution in [-0.2, 0) is 6.42 Å². The number of hydrogen-bond acceptors (Lipinski definition) is 4. The number of rotatable bonds is 6. The van der Waals surface area contributed by atoms with E-state index in [1.807, 2.05) is 18.2 Å². The van der Waals surface area contributed by atoms with Gasteiger partial charge in [-0.15, -0.1) is 11.8 Å². The Kier molecular flexibility index (Phi) is 5.53. The second-order valence-corrected chi connectivity index (χ2v) is 5.65. The average molecular weight is 303 g/mol. The third kappa shape index (κ3) is 3.93. The van der Waals surface area contributed by atoms with Gasteiger partial charge in [-0.1, -0.05) is 18.2 Å². The van der Waals surface area contributed by atoms with Gasteiger partial charge in [0.2, 0.25) is 0 Å². The number of ether oxygens (including phenoxy) is 2. The summed E-state index contributed by atoms with van der Waals surface area (Å²) < 4.78 is 10.6. The maximum absolute atomic E-state index is 6.30. The van der Waals surface area contributed by atoms with E-state index in [0.717, 1.165) is 29.0 Å². The van der Waals surface area contributed by atoms with Gasteiger partial charge in [0.25, 0.3) is 0 Å². The van der Waals surface area contributed by atoms with Crippen molar-refractivity contribution in [1.29, 1.82) is 0 Å². The smallest absolute Gasteiger partial charge is 0.160 e. The summed E-state index contributed by atoms with van der Waals surface area (Å²) in [5.74, 6) is 1.47. The first-order valence-electron chi connectivity index (χ1n) is 6.78. The van der Waals surface area contributed by atoms with Crippen molar-refractivity contribution in [1.82, 2.24) is 0 Å². The molecule has 0 aromatic heterocycles. The fourth-order valence-corrected chi connectivity index (χ4v) is 2.64. The molecule has 3 nitrogen and oxygen atoms in total. The highest BCUT2D eigenvalue weighted by Gasteiger charge is 2.10. The summed E-state index contributed by atoms with van der Waals surface area (Å²) in [7, 11) is 3.28. The fourth-order valence-electron chi connectivity index (χ4n) is 2.23. The Morgan fingerprint density at radius 3 is 2.24 bits per heavy atom. The average Bonchev–Trinajstić information content (AvgIpc) is 2.54. The number of thioether (sulfide) groups is 1. The first kappa shape index (κ1) is 15.7. The molecule has 0 saturated heterocycles. The van der Waals surface area contributed by atoms with Gasteiger partial charge < -0.3 is 15.2 Å². The first-order chi connectivity index (χ1) is 10.2. The molecule has 4 heteroatoms. The lowest BCUT2D eigenvalue weighted by atomic mass is 9.99. The molecule has 2 rings (SSSR count). The molecule has 2 aromatic carbocycles. The highest BCUT2D eigenvalue weighted by Crippen LogP contribution is 2.29. The molecule has 2 N–H and O–H groups in total. The number of hydrogen-bond donors (Lipinski definition) is 1. The van der Waals surface area contributed by atoms with Crippen LogP contribution in [-0.4, -0.2) is 20.5 Å². The van der Waals surface area contributed by atoms with E-state index in [-0.39, 0.29) is 6.04 Å². The normalized spacial score (nSPS) is 12.0. The van der Waals surface area contributed by atoms with Gasteiger partial charge in [0.05, 0.1) is 14.2 Å². The van der Waals surface area contributed by atoms with Crippen molar-refractivity contribution in [2.75, 3.05) is 20.5 Å². The van der Waals surface area contributed by atoms with Crippen LogP contribution in [0.3, 0.4) is 0 Å². The Bertz CT molecular complexity index is 584. The topological polar surface area (TPSA) is 44.5 Å². The number of benzene rings is 2. The van der Waals surface area contributed by atoms with Gasteiger partial charge in [0.15, 0.2) is 11.5 Å². The van der Waals surface area contributed by atoms with E-state index < -0.39 is 0 Å². The molecule has 0 spiro atoms. The van der Waals surface area contributed by atoms with E-state index in [4.69, 9.17) is 15.2 Å². The van der Waals surface area contributed by atoms with Crippen LogP contribution in [0.25, 0.3) is 0 Å². The minimum Gasteiger partial charge on any atom is -0.493 e. The van der Waals surface area contributed by atoms with Crippen LogP contribution in [0, 0.1) is 0 Å². The summed E-state index contributed by atoms with van der Waals surface area (Å²) in [4.78, 5) is 1.25. The summed E-state index contributed by atoms with van der Waals surface area (Å²) in [5.41, 5.74) is 8.58. The summed E-state index contributed by atoms with van der Waals surface area (Å²) in [6.07, 6.45) is 2.83. The summed E-state index contributed by atoms with van der Waals surface area (Å²) in [6, 6.07) is 14.3. The van der Waals surface area contributed by atoms with Crippen LogP contribution >= 0.6 is 11.8 Å². The van der Waals surface area contributed by atoms with E-state index in [2.05, 4.69) is 30.5 Å². The molecule has 0 heterocycles. The van der Waals surface area contributed by atoms with E-state index >= 15 is 0 Å². The second kappa shape index (κ2) is 7.38. The standard InChI is InChI=1S/C17H21NO2S/c1-19-16-9-4-12(11-17(16)20-2)10-15(18)13-5-7-14(21-3)8-6-13/h4-9,11,15H,10,18H2,1-3H3. The van der Waals surface area contributed by atoms with Crippen LogP contribution < -0.4 is 15.2 Å². The monoisotopic (exact) mass is 303 g/mol. The van der Waals surface area contributed by atoms with Gasteiger partial charge >= 0.3 is 0 Å². The first-order valence-corrected chi connectivity index (χ1v) is 8.01. The van der Waals surface area contributed by atoms with Crippen LogP contribution in [0.4, 0.5) is 0 Å². The largest absolute Gasteiger partial charge is 0.493 e. The third-order valence-corrected chi connectivity index (χ3v) is 4.19. The van der Waals surface area contributed by atoms with Crippen LogP contribution in [0.5, 0.6) is 11.5 Å². The van der Waals surface area contributed by atoms with Crippen molar-refractivity contribution in [2.24, 2.45) is 5.73 Å². The molecule has 1 atom stereocenters. The van der Waals surface area contributed by atoms with Crippen LogP contribution in [0.1, 0.15) is 17.2 Å². The minimum atomic E-state index is -0.0287. The molecule has 0 aliphatic carbocycles. The lowest BCUT2D eigenvalue weighted by Crippen LogP contribution is -2.13. The quantitative estimate of drug-likeness (QED) is 0.827. The van der Waals surface area contributed by atoms with Crippen molar-refractivity contribution in [3.05, 3.63) is 53.6 Å². The fraction of sp³-hybridized carbons (Fsp3) is 0.294. The second-order valence-electron chi connectivity index (χ2n) is 4.77. The predicted molar refractivity (Wildman–Crippen MR) is 88.4 cm³/mol. The highest BCUT2D eigenvalue weighted by molar-refractivity contribution is 7.98. The molecule has 0 aliphatic rings. The van der Waals surface area contributed by atoms with Gasteiger partial charge in [-0.05, 0) is 48.1 Å². The molecule has 0 radical (unpaired) electrons. The Morgan fingerprint density at radius 2 is 1.67 bits per heavy atom. The van der Waals surface area contributed by atoms with Crippen LogP contribution in [0.2, 0.25) is 0 Å². The van der Waals surface area contributed by atoms with E-state index in [9.17, 15) is 0 Å². The molecule has 0 aliphatic heterocycles. The minimum absolute atomic E-state index is 0.0287. The summed E-state index contributed by atoms with van der Waals surface area (Å²) >= 11 is 1.73. The third-order valence-electron chi connectivity index (χ3n) is 3.45. The van der Waals surface area contributed by atoms with E-state index in [1.54, 1.807) is 26.0 Å². The molecule has 0 fully saturated rings. The van der Waals surface area contributed by atoms with Crippen LogP contribution in [0.15, 0.2) is 47.4 Å². The molecular weight excluding hydrogens is 282 g/mol. The highest BCUT2D eigenvalue weighted by atomic mass is 32.2. The lowest BCUT2D eigenvalue weighted by Gasteiger charge is -2.14. The maximum Gasteiger partial charge on any atom is 0.160 e. The van der Waals surface area contributed by atoms with Gasteiger partial charge in [-0.25, -0.2) is 0 Å². The predicted octanol–water partition coefficient (Wildman–Crippen LogP) is 3.67. The Morgan fingerprint density at radius 1 is 1.00 bits per heavy atom. The van der Waals surface area contributed by atoms with Gasteiger partial charge in [-0.3, -0.25) is 0 Å². The van der Waals surface area contributed by atoms with Crippen molar-refractivity contribution < 1.29 is 9.47 Å². The summed E-state index contributed by atoms with van der Waals surface area (Å²) in [6.45, 7) is 0. The van der Waals surface area contributed by atoms with Gasteiger partial charge in [0.1, 0.15) is 0 Å². The van der Waals surface area contributed by atoms with Gasteiger partial charge in [0, 0.05) is 10.9 Å². The van der Waals surface area contributed by atoms with Crippen molar-refractivity contribution in [2.45, 2.75) is 17.4 Å². The zero-order valence-corrected chi connectivity index (χ0v) is 13.4. The molecule has 112 valence electrons. The Hall–Kier alpha value is -1.65. The summed E-state index contributed by atoms with van der Waals surface area (Å²) in [5, 5.41) is 0. The molecule has 0 bridgehead atoms. The lowest BCUT2D eigenvalue weighted by molar-refractivity contribution is 0.354. The van der Waals surface area contributed by atoms with Crippen molar-refractivity contribution >= 4 is 11.8 Å². The Balaban J connectivity index is 2.12. The zero-order chi connectivity index (χ0) is 15.2. The Labute approximate surface area is 130 Å². The molecule has 2 aromatic rings. The molecule has 0 saturated carbocycles. The molecule has 1 unspecified atom stereocenters. The maximum atomic E-state index is 6.30.